The smallest absolute Gasteiger partial charge is 0.219 e. The minimum Gasteiger partial charge on any atom is -0.368 e. The molecule has 0 spiro atoms. The van der Waals surface area contributed by atoms with Gasteiger partial charge in [0.05, 0.1) is 5.69 Å². The van der Waals surface area contributed by atoms with Crippen molar-refractivity contribution in [3.05, 3.63) is 89.8 Å². The first-order valence-electron chi connectivity index (χ1n) is 10.6. The molecule has 3 N–H and O–H groups in total. The van der Waals surface area contributed by atoms with Crippen molar-refractivity contribution in [1.82, 2.24) is 15.0 Å². The molecule has 5 rings (SSSR count). The number of hydrogen-bond donors (Lipinski definition) is 2. The third kappa shape index (κ3) is 3.38. The number of benzene rings is 2. The zero-order valence-corrected chi connectivity index (χ0v) is 17.7. The summed E-state index contributed by atoms with van der Waals surface area (Å²) in [4.78, 5) is 23.7. The van der Waals surface area contributed by atoms with E-state index in [1.54, 1.807) is 31.5 Å². The van der Waals surface area contributed by atoms with Crippen LogP contribution in [0.3, 0.4) is 0 Å². The molecule has 1 saturated carbocycles. The molecular weight excluding hydrogens is 403 g/mol. The third-order valence-electron chi connectivity index (χ3n) is 6.48. The monoisotopic (exact) mass is 426 g/mol. The maximum atomic E-state index is 13.5. The van der Waals surface area contributed by atoms with E-state index < -0.39 is 0 Å². The van der Waals surface area contributed by atoms with Crippen LogP contribution in [0.25, 0.3) is 22.3 Å². The van der Waals surface area contributed by atoms with Crippen LogP contribution < -0.4 is 5.73 Å². The number of hydrogen-bond acceptors (Lipinski definition) is 4. The normalized spacial score (nSPS) is 14.7. The van der Waals surface area contributed by atoms with Gasteiger partial charge in [0.25, 0.3) is 0 Å². The Hall–Kier alpha value is -3.80. The van der Waals surface area contributed by atoms with Crippen LogP contribution >= 0.6 is 0 Å². The van der Waals surface area contributed by atoms with Crippen molar-refractivity contribution in [2.45, 2.75) is 31.6 Å². The van der Waals surface area contributed by atoms with Crippen molar-refractivity contribution in [1.29, 1.82) is 0 Å². The number of nitrogens with one attached hydrogen (secondary N) is 1. The Morgan fingerprint density at radius 3 is 2.16 bits per heavy atom. The number of carbonyl (C=O) groups is 1. The van der Waals surface area contributed by atoms with Gasteiger partial charge in [-0.25, -0.2) is 14.4 Å². The lowest BCUT2D eigenvalue weighted by molar-refractivity contribution is 0.101. The number of nitrogen functional groups attached to an aromatic ring is 1. The molecule has 2 aromatic carbocycles. The zero-order valence-electron chi connectivity index (χ0n) is 17.7. The van der Waals surface area contributed by atoms with Crippen molar-refractivity contribution in [3.8, 4) is 22.3 Å². The summed E-state index contributed by atoms with van der Waals surface area (Å²) in [6.07, 6.45) is 6.48. The van der Waals surface area contributed by atoms with E-state index in [1.165, 1.54) is 17.7 Å². The maximum absolute atomic E-state index is 13.5. The van der Waals surface area contributed by atoms with E-state index in [2.05, 4.69) is 39.2 Å². The van der Waals surface area contributed by atoms with Gasteiger partial charge in [-0.1, -0.05) is 42.8 Å². The van der Waals surface area contributed by atoms with E-state index >= 15 is 0 Å². The van der Waals surface area contributed by atoms with E-state index in [0.29, 0.717) is 5.69 Å². The van der Waals surface area contributed by atoms with Crippen LogP contribution in [0.1, 0.15) is 47.9 Å². The van der Waals surface area contributed by atoms with Crippen molar-refractivity contribution < 1.29 is 9.18 Å². The Labute approximate surface area is 185 Å². The van der Waals surface area contributed by atoms with Gasteiger partial charge in [-0.05, 0) is 47.7 Å². The van der Waals surface area contributed by atoms with Gasteiger partial charge in [-0.3, -0.25) is 4.79 Å². The number of carbonyl (C=O) groups excluding carboxylic acids is 1. The molecule has 1 fully saturated rings. The Morgan fingerprint density at radius 2 is 1.59 bits per heavy atom. The molecular formula is C26H23FN4O. The van der Waals surface area contributed by atoms with Crippen molar-refractivity contribution >= 4 is 11.7 Å². The molecule has 1 aliphatic rings. The highest BCUT2D eigenvalue weighted by molar-refractivity contribution is 5.94. The highest BCUT2D eigenvalue weighted by atomic mass is 19.1. The summed E-state index contributed by atoms with van der Waals surface area (Å²) in [5, 5.41) is 0. The summed E-state index contributed by atoms with van der Waals surface area (Å²) in [6, 6.07) is 16.7. The number of nitrogens with zero attached hydrogens (tertiary/aromatic N) is 2. The fourth-order valence-corrected chi connectivity index (χ4v) is 4.56. The molecule has 0 radical (unpaired) electrons. The van der Waals surface area contributed by atoms with Gasteiger partial charge in [0, 0.05) is 41.6 Å². The average molecular weight is 426 g/mol. The second-order valence-electron chi connectivity index (χ2n) is 8.38. The molecule has 0 bridgehead atoms. The summed E-state index contributed by atoms with van der Waals surface area (Å²) in [5.74, 6) is -0.0499. The van der Waals surface area contributed by atoms with Gasteiger partial charge in [-0.2, -0.15) is 0 Å². The second kappa shape index (κ2) is 7.71. The number of anilines is 1. The number of nitrogens with two attached hydrogens (primary N) is 1. The SMILES string of the molecule is CC(=O)c1cc(-c2ccc(F)cc2)c(C2(c3ccc(-c4cnc(N)nc4)cc3)CCC2)[nH]1. The zero-order chi connectivity index (χ0) is 22.3. The molecule has 2 heterocycles. The molecule has 0 aliphatic heterocycles. The van der Waals surface area contributed by atoms with Gasteiger partial charge >= 0.3 is 0 Å². The Bertz CT molecular complexity index is 1270. The molecule has 0 amide bonds. The molecule has 0 saturated heterocycles. The minimum atomic E-state index is -0.279. The highest BCUT2D eigenvalue weighted by Crippen LogP contribution is 2.51. The lowest BCUT2D eigenvalue weighted by Gasteiger charge is -2.43. The number of rotatable bonds is 5. The van der Waals surface area contributed by atoms with E-state index in [0.717, 1.165) is 47.2 Å². The average Bonchev–Trinajstić information content (AvgIpc) is 3.21. The van der Waals surface area contributed by atoms with Crippen molar-refractivity contribution in [3.63, 3.8) is 0 Å². The van der Waals surface area contributed by atoms with Gasteiger partial charge in [0.15, 0.2) is 5.78 Å². The molecule has 0 unspecified atom stereocenters. The van der Waals surface area contributed by atoms with Crippen molar-refractivity contribution in [2.75, 3.05) is 5.73 Å². The van der Waals surface area contributed by atoms with Gasteiger partial charge in [-0.15, -0.1) is 0 Å². The van der Waals surface area contributed by atoms with Crippen LogP contribution in [0, 0.1) is 5.82 Å². The number of Topliss-reactive ketones (excluding diaryl/α,β-unsaturated/α-hetero) is 1. The van der Waals surface area contributed by atoms with Crippen LogP contribution in [0.15, 0.2) is 67.0 Å². The molecule has 0 atom stereocenters. The van der Waals surface area contributed by atoms with Crippen LogP contribution in [0.2, 0.25) is 0 Å². The number of ketones is 1. The molecule has 160 valence electrons. The van der Waals surface area contributed by atoms with E-state index in [9.17, 15) is 9.18 Å². The molecule has 6 heteroatoms. The highest BCUT2D eigenvalue weighted by Gasteiger charge is 2.43. The third-order valence-corrected chi connectivity index (χ3v) is 6.48. The van der Waals surface area contributed by atoms with Crippen LogP contribution in [0.5, 0.6) is 0 Å². The van der Waals surface area contributed by atoms with Gasteiger partial charge < -0.3 is 10.7 Å². The van der Waals surface area contributed by atoms with Gasteiger partial charge in [0.2, 0.25) is 5.95 Å². The first kappa shape index (κ1) is 20.1. The number of halogens is 1. The Morgan fingerprint density at radius 1 is 0.969 bits per heavy atom. The first-order chi connectivity index (χ1) is 15.5. The van der Waals surface area contributed by atoms with Crippen molar-refractivity contribution in [2.24, 2.45) is 0 Å². The number of H-pyrrole nitrogens is 1. The maximum Gasteiger partial charge on any atom is 0.219 e. The van der Waals surface area contributed by atoms with Gasteiger partial charge in [0.1, 0.15) is 5.82 Å². The quantitative estimate of drug-likeness (QED) is 0.411. The minimum absolute atomic E-state index is 0.0206. The predicted molar refractivity (Wildman–Crippen MR) is 123 cm³/mol. The lowest BCUT2D eigenvalue weighted by atomic mass is 9.61. The van der Waals surface area contributed by atoms with Crippen LogP contribution in [-0.2, 0) is 5.41 Å². The standard InChI is InChI=1S/C26H23FN4O/c1-16(32)23-13-22(18-5-9-21(27)10-6-18)24(31-23)26(11-2-12-26)20-7-3-17(4-8-20)19-14-29-25(28)30-15-19/h3-10,13-15,31H,2,11-12H2,1H3,(H2,28,29,30). The van der Waals surface area contributed by atoms with Crippen LogP contribution in [0.4, 0.5) is 10.3 Å². The molecule has 1 aliphatic carbocycles. The number of aromatic nitrogens is 3. The fraction of sp³-hybridized carbons (Fsp3) is 0.192. The summed E-state index contributed by atoms with van der Waals surface area (Å²) in [5.41, 5.74) is 11.9. The molecule has 32 heavy (non-hydrogen) atoms. The van der Waals surface area contributed by atoms with E-state index in [4.69, 9.17) is 5.73 Å². The summed E-state index contributed by atoms with van der Waals surface area (Å²) in [6.45, 7) is 1.56. The largest absolute Gasteiger partial charge is 0.368 e. The second-order valence-corrected chi connectivity index (χ2v) is 8.38. The van der Waals surface area contributed by atoms with E-state index in [-0.39, 0.29) is 23.0 Å². The Kier molecular flexibility index (Phi) is 4.85. The molecule has 5 nitrogen and oxygen atoms in total. The molecule has 2 aromatic heterocycles. The predicted octanol–water partition coefficient (Wildman–Crippen LogP) is 5.53. The summed E-state index contributed by atoms with van der Waals surface area (Å²) in [7, 11) is 0. The summed E-state index contributed by atoms with van der Waals surface area (Å²) < 4.78 is 13.5. The topological polar surface area (TPSA) is 84.7 Å². The fourth-order valence-electron chi connectivity index (χ4n) is 4.56. The van der Waals surface area contributed by atoms with Crippen LogP contribution in [-0.4, -0.2) is 20.7 Å². The first-order valence-corrected chi connectivity index (χ1v) is 10.6. The number of aromatic amines is 1. The summed E-state index contributed by atoms with van der Waals surface area (Å²) >= 11 is 0. The van der Waals surface area contributed by atoms with E-state index in [1.807, 2.05) is 6.07 Å². The Balaban J connectivity index is 1.59. The molecule has 4 aromatic rings. The lowest BCUT2D eigenvalue weighted by Crippen LogP contribution is -2.36.